The summed E-state index contributed by atoms with van der Waals surface area (Å²) in [5.41, 5.74) is 5.25. The summed E-state index contributed by atoms with van der Waals surface area (Å²) in [6.07, 6.45) is 0.362. The molecule has 0 saturated carbocycles. The number of aromatic nitrogens is 2. The molecule has 2 amide bonds. The zero-order valence-corrected chi connectivity index (χ0v) is 21.2. The van der Waals surface area contributed by atoms with Gasteiger partial charge in [0.1, 0.15) is 6.04 Å². The Morgan fingerprint density at radius 2 is 1.69 bits per heavy atom. The first-order valence-corrected chi connectivity index (χ1v) is 12.2. The zero-order valence-electron chi connectivity index (χ0n) is 19.7. The summed E-state index contributed by atoms with van der Waals surface area (Å²) < 4.78 is 2.75. The van der Waals surface area contributed by atoms with Crippen LogP contribution in [-0.4, -0.2) is 34.7 Å². The van der Waals surface area contributed by atoms with Crippen molar-refractivity contribution in [1.82, 2.24) is 20.4 Å². The molecule has 4 aromatic rings. The molecule has 6 nitrogen and oxygen atoms in total. The van der Waals surface area contributed by atoms with Gasteiger partial charge in [-0.05, 0) is 41.8 Å². The van der Waals surface area contributed by atoms with Gasteiger partial charge in [0.15, 0.2) is 5.69 Å². The quantitative estimate of drug-likeness (QED) is 0.345. The van der Waals surface area contributed by atoms with E-state index in [0.717, 1.165) is 32.4 Å². The van der Waals surface area contributed by atoms with Crippen LogP contribution in [0, 0.1) is 6.92 Å². The van der Waals surface area contributed by atoms with Gasteiger partial charge in [-0.25, -0.2) is 0 Å². The molecule has 1 atom stereocenters. The van der Waals surface area contributed by atoms with E-state index < -0.39 is 11.9 Å². The van der Waals surface area contributed by atoms with Crippen molar-refractivity contribution in [3.05, 3.63) is 112 Å². The van der Waals surface area contributed by atoms with E-state index in [1.807, 2.05) is 84.4 Å². The summed E-state index contributed by atoms with van der Waals surface area (Å²) in [6.45, 7) is 2.57. The van der Waals surface area contributed by atoms with Crippen LogP contribution >= 0.6 is 15.9 Å². The van der Waals surface area contributed by atoms with Gasteiger partial charge in [-0.3, -0.25) is 14.3 Å². The third kappa shape index (κ3) is 6.25. The molecule has 0 bridgehead atoms. The van der Waals surface area contributed by atoms with Crippen molar-refractivity contribution in [3.8, 4) is 11.3 Å². The third-order valence-electron chi connectivity index (χ3n) is 5.69. The second-order valence-electron chi connectivity index (χ2n) is 8.40. The molecule has 35 heavy (non-hydrogen) atoms. The molecule has 0 aliphatic rings. The fourth-order valence-electron chi connectivity index (χ4n) is 3.99. The van der Waals surface area contributed by atoms with E-state index >= 15 is 0 Å². The van der Waals surface area contributed by atoms with Gasteiger partial charge in [0.2, 0.25) is 5.91 Å². The molecule has 178 valence electrons. The van der Waals surface area contributed by atoms with Crippen molar-refractivity contribution in [1.29, 1.82) is 0 Å². The summed E-state index contributed by atoms with van der Waals surface area (Å²) in [5.74, 6) is -0.658. The van der Waals surface area contributed by atoms with Gasteiger partial charge in [0.25, 0.3) is 5.91 Å². The molecule has 0 unspecified atom stereocenters. The lowest BCUT2D eigenvalue weighted by Crippen LogP contribution is -2.47. The van der Waals surface area contributed by atoms with Crippen molar-refractivity contribution >= 4 is 27.7 Å². The van der Waals surface area contributed by atoms with Crippen LogP contribution in [0.5, 0.6) is 0 Å². The number of rotatable bonds is 8. The van der Waals surface area contributed by atoms with E-state index in [2.05, 4.69) is 37.7 Å². The van der Waals surface area contributed by atoms with E-state index in [0.29, 0.717) is 13.0 Å². The molecule has 1 aromatic heterocycles. The number of carbonyl (C=O) groups excluding carboxylic acids is 2. The summed E-state index contributed by atoms with van der Waals surface area (Å²) in [7, 11) is 1.56. The Balaban J connectivity index is 1.62. The van der Waals surface area contributed by atoms with Gasteiger partial charge in [0, 0.05) is 17.9 Å². The van der Waals surface area contributed by atoms with Crippen molar-refractivity contribution in [2.45, 2.75) is 25.9 Å². The topological polar surface area (TPSA) is 76.0 Å². The summed E-state index contributed by atoms with van der Waals surface area (Å²) >= 11 is 3.46. The molecule has 0 aliphatic carbocycles. The predicted molar refractivity (Wildman–Crippen MR) is 141 cm³/mol. The van der Waals surface area contributed by atoms with Crippen LogP contribution in [0.2, 0.25) is 0 Å². The Labute approximate surface area is 213 Å². The van der Waals surface area contributed by atoms with Gasteiger partial charge >= 0.3 is 0 Å². The largest absolute Gasteiger partial charge is 0.357 e. The number of benzene rings is 3. The number of nitrogens with zero attached hydrogens (tertiary/aromatic N) is 2. The summed E-state index contributed by atoms with van der Waals surface area (Å²) in [5, 5.41) is 10.2. The monoisotopic (exact) mass is 530 g/mol. The van der Waals surface area contributed by atoms with Crippen molar-refractivity contribution < 1.29 is 9.59 Å². The molecule has 0 spiro atoms. The highest BCUT2D eigenvalue weighted by Crippen LogP contribution is 2.22. The maximum atomic E-state index is 13.3. The molecule has 0 aliphatic heterocycles. The number of carbonyl (C=O) groups is 2. The van der Waals surface area contributed by atoms with E-state index in [9.17, 15) is 9.59 Å². The van der Waals surface area contributed by atoms with Gasteiger partial charge in [-0.2, -0.15) is 5.10 Å². The molecule has 1 heterocycles. The highest BCUT2D eigenvalue weighted by atomic mass is 79.9. The van der Waals surface area contributed by atoms with Crippen LogP contribution in [0.3, 0.4) is 0 Å². The van der Waals surface area contributed by atoms with Crippen LogP contribution in [0.4, 0.5) is 0 Å². The molecule has 2 N–H and O–H groups in total. The smallest absolute Gasteiger partial charge is 0.272 e. The molecule has 0 radical (unpaired) electrons. The molecule has 7 heteroatoms. The van der Waals surface area contributed by atoms with E-state index in [-0.39, 0.29) is 11.6 Å². The van der Waals surface area contributed by atoms with Crippen molar-refractivity contribution in [2.75, 3.05) is 7.05 Å². The maximum Gasteiger partial charge on any atom is 0.272 e. The van der Waals surface area contributed by atoms with Gasteiger partial charge in [-0.1, -0.05) is 88.2 Å². The Hall–Kier alpha value is -3.71. The number of hydrogen-bond donors (Lipinski definition) is 2. The standard InChI is InChI=1S/C28H27BrN4O2/c1-19-8-6-10-21(14-19)18-33-26(22-11-4-3-5-12-22)17-25(32-33)28(35)31-24(27(34)30-2)16-20-9-7-13-23(29)15-20/h3-15,17,24H,16,18H2,1-2H3,(H,30,34)(H,31,35)/t24-/m0/s1. The first-order valence-electron chi connectivity index (χ1n) is 11.4. The summed E-state index contributed by atoms with van der Waals surface area (Å²) in [6, 6.07) is 26.8. The average molecular weight is 531 g/mol. The van der Waals surface area contributed by atoms with E-state index in [1.165, 1.54) is 0 Å². The molecule has 0 fully saturated rings. The average Bonchev–Trinajstić information content (AvgIpc) is 3.27. The highest BCUT2D eigenvalue weighted by molar-refractivity contribution is 9.10. The van der Waals surface area contributed by atoms with Crippen LogP contribution in [0.1, 0.15) is 27.2 Å². The predicted octanol–water partition coefficient (Wildman–Crippen LogP) is 4.76. The minimum Gasteiger partial charge on any atom is -0.357 e. The molecule has 0 saturated heterocycles. The lowest BCUT2D eigenvalue weighted by atomic mass is 10.0. The Morgan fingerprint density at radius 1 is 0.943 bits per heavy atom. The number of aryl methyl sites for hydroxylation is 1. The van der Waals surface area contributed by atoms with E-state index in [4.69, 9.17) is 0 Å². The number of likely N-dealkylation sites (N-methyl/N-ethyl adjacent to an activating group) is 1. The van der Waals surface area contributed by atoms with Gasteiger partial charge in [-0.15, -0.1) is 0 Å². The molecular weight excluding hydrogens is 504 g/mol. The minimum atomic E-state index is -0.733. The Morgan fingerprint density at radius 3 is 2.40 bits per heavy atom. The lowest BCUT2D eigenvalue weighted by Gasteiger charge is -2.17. The van der Waals surface area contributed by atoms with Gasteiger partial charge in [0.05, 0.1) is 12.2 Å². The first-order chi connectivity index (χ1) is 16.9. The SMILES string of the molecule is CNC(=O)[C@H](Cc1cccc(Br)c1)NC(=O)c1cc(-c2ccccc2)n(Cc2cccc(C)c2)n1. The maximum absolute atomic E-state index is 13.3. The van der Waals surface area contributed by atoms with E-state index in [1.54, 1.807) is 13.1 Å². The van der Waals surface area contributed by atoms with Crippen molar-refractivity contribution in [2.24, 2.45) is 0 Å². The van der Waals surface area contributed by atoms with Crippen LogP contribution < -0.4 is 10.6 Å². The fraction of sp³-hybridized carbons (Fsp3) is 0.179. The normalized spacial score (nSPS) is 11.6. The number of hydrogen-bond acceptors (Lipinski definition) is 3. The Kier molecular flexibility index (Phi) is 7.77. The molecular formula is C28H27BrN4O2. The number of halogens is 1. The highest BCUT2D eigenvalue weighted by Gasteiger charge is 2.23. The van der Waals surface area contributed by atoms with Crippen LogP contribution in [0.25, 0.3) is 11.3 Å². The fourth-order valence-corrected chi connectivity index (χ4v) is 4.43. The lowest BCUT2D eigenvalue weighted by molar-refractivity contribution is -0.122. The first kappa shape index (κ1) is 24.4. The number of nitrogens with one attached hydrogen (secondary N) is 2. The van der Waals surface area contributed by atoms with Crippen LogP contribution in [0.15, 0.2) is 89.4 Å². The van der Waals surface area contributed by atoms with Crippen molar-refractivity contribution in [3.63, 3.8) is 0 Å². The van der Waals surface area contributed by atoms with Gasteiger partial charge < -0.3 is 10.6 Å². The minimum absolute atomic E-state index is 0.263. The Bertz CT molecular complexity index is 1330. The molecule has 3 aromatic carbocycles. The zero-order chi connectivity index (χ0) is 24.8. The number of amides is 2. The second-order valence-corrected chi connectivity index (χ2v) is 9.32. The third-order valence-corrected chi connectivity index (χ3v) is 6.19. The van der Waals surface area contributed by atoms with Crippen LogP contribution in [-0.2, 0) is 17.8 Å². The molecule has 4 rings (SSSR count). The second kappa shape index (κ2) is 11.1. The summed E-state index contributed by atoms with van der Waals surface area (Å²) in [4.78, 5) is 25.8.